The van der Waals surface area contributed by atoms with E-state index in [9.17, 15) is 0 Å². The summed E-state index contributed by atoms with van der Waals surface area (Å²) in [4.78, 5) is 9.15. The Labute approximate surface area is 135 Å². The zero-order valence-electron chi connectivity index (χ0n) is 13.4. The second-order valence-electron chi connectivity index (χ2n) is 6.56. The molecule has 2 aromatic rings. The number of hydrogen-bond acceptors (Lipinski definition) is 7. The lowest BCUT2D eigenvalue weighted by Gasteiger charge is -2.37. The molecule has 4 rings (SSSR count). The van der Waals surface area contributed by atoms with Gasteiger partial charge in [-0.1, -0.05) is 5.16 Å². The molecule has 1 atom stereocenters. The van der Waals surface area contributed by atoms with Crippen molar-refractivity contribution in [2.45, 2.75) is 44.2 Å². The number of aromatic nitrogens is 4. The van der Waals surface area contributed by atoms with Gasteiger partial charge in [0.05, 0.1) is 6.54 Å². The van der Waals surface area contributed by atoms with Crippen molar-refractivity contribution in [2.24, 2.45) is 0 Å². The van der Waals surface area contributed by atoms with Crippen molar-refractivity contribution < 1.29 is 4.52 Å². The summed E-state index contributed by atoms with van der Waals surface area (Å²) in [6, 6.07) is 4.42. The van der Waals surface area contributed by atoms with E-state index >= 15 is 0 Å². The average molecular weight is 314 g/mol. The van der Waals surface area contributed by atoms with Crippen LogP contribution in [0.5, 0.6) is 0 Å². The van der Waals surface area contributed by atoms with Crippen molar-refractivity contribution in [3.05, 3.63) is 30.0 Å². The summed E-state index contributed by atoms with van der Waals surface area (Å²) in [6.45, 7) is 2.70. The predicted octanol–water partition coefficient (Wildman–Crippen LogP) is 1.84. The maximum Gasteiger partial charge on any atom is 0.240 e. The fraction of sp³-hybridized carbons (Fsp3) is 0.625. The van der Waals surface area contributed by atoms with Gasteiger partial charge in [0.25, 0.3) is 0 Å². The van der Waals surface area contributed by atoms with Gasteiger partial charge in [-0.15, -0.1) is 5.10 Å². The molecule has 0 N–H and O–H groups in total. The normalized spacial score (nSPS) is 21.8. The van der Waals surface area contributed by atoms with Gasteiger partial charge in [0.15, 0.2) is 11.6 Å². The smallest absolute Gasteiger partial charge is 0.240 e. The summed E-state index contributed by atoms with van der Waals surface area (Å²) in [5.74, 6) is 3.11. The molecule has 0 amide bonds. The van der Waals surface area contributed by atoms with Crippen molar-refractivity contribution >= 4 is 5.82 Å². The molecule has 7 heteroatoms. The molecule has 0 spiro atoms. The van der Waals surface area contributed by atoms with E-state index in [1.165, 1.54) is 19.3 Å². The minimum Gasteiger partial charge on any atom is -0.354 e. The summed E-state index contributed by atoms with van der Waals surface area (Å²) in [7, 11) is 2.13. The summed E-state index contributed by atoms with van der Waals surface area (Å²) in [6.07, 6.45) is 6.44. The highest BCUT2D eigenvalue weighted by atomic mass is 16.5. The van der Waals surface area contributed by atoms with E-state index in [0.717, 1.165) is 37.0 Å². The van der Waals surface area contributed by atoms with E-state index in [0.29, 0.717) is 18.5 Å². The van der Waals surface area contributed by atoms with Crippen LogP contribution in [0, 0.1) is 0 Å². The quantitative estimate of drug-likeness (QED) is 0.834. The van der Waals surface area contributed by atoms with Crippen LogP contribution in [-0.4, -0.2) is 51.4 Å². The maximum atomic E-state index is 5.40. The Balaban J connectivity index is 1.38. The molecular formula is C16H22N6O. The van der Waals surface area contributed by atoms with E-state index in [1.807, 2.05) is 12.1 Å². The number of likely N-dealkylation sites (N-methyl/N-ethyl adjacent to an activating group) is 1. The van der Waals surface area contributed by atoms with Gasteiger partial charge < -0.3 is 9.42 Å². The van der Waals surface area contributed by atoms with Gasteiger partial charge in [-0.3, -0.25) is 4.90 Å². The third-order valence-electron chi connectivity index (χ3n) is 4.71. The van der Waals surface area contributed by atoms with Crippen LogP contribution in [0.2, 0.25) is 0 Å². The van der Waals surface area contributed by atoms with Gasteiger partial charge in [-0.2, -0.15) is 10.1 Å². The molecule has 2 aromatic heterocycles. The fourth-order valence-electron chi connectivity index (χ4n) is 3.17. The van der Waals surface area contributed by atoms with Crippen molar-refractivity contribution in [3.8, 4) is 0 Å². The molecule has 0 bridgehead atoms. The highest BCUT2D eigenvalue weighted by molar-refractivity contribution is 5.37. The van der Waals surface area contributed by atoms with E-state index in [2.05, 4.69) is 37.2 Å². The first kappa shape index (κ1) is 14.6. The molecule has 1 aliphatic heterocycles. The van der Waals surface area contributed by atoms with E-state index < -0.39 is 0 Å². The Morgan fingerprint density at radius 1 is 1.35 bits per heavy atom. The molecular weight excluding hydrogens is 292 g/mol. The van der Waals surface area contributed by atoms with Gasteiger partial charge in [0.1, 0.15) is 0 Å². The van der Waals surface area contributed by atoms with Gasteiger partial charge in [-0.05, 0) is 44.9 Å². The highest BCUT2D eigenvalue weighted by Crippen LogP contribution is 2.38. The summed E-state index contributed by atoms with van der Waals surface area (Å²) >= 11 is 0. The minimum atomic E-state index is 0.460. The van der Waals surface area contributed by atoms with Gasteiger partial charge in [-0.25, -0.2) is 0 Å². The monoisotopic (exact) mass is 314 g/mol. The molecule has 1 saturated heterocycles. The van der Waals surface area contributed by atoms with E-state index in [4.69, 9.17) is 4.52 Å². The summed E-state index contributed by atoms with van der Waals surface area (Å²) in [5, 5.41) is 12.3. The summed E-state index contributed by atoms with van der Waals surface area (Å²) in [5.41, 5.74) is 0. The van der Waals surface area contributed by atoms with Gasteiger partial charge >= 0.3 is 0 Å². The summed E-state index contributed by atoms with van der Waals surface area (Å²) < 4.78 is 5.40. The largest absolute Gasteiger partial charge is 0.354 e. The Morgan fingerprint density at radius 3 is 3.04 bits per heavy atom. The number of rotatable bonds is 5. The van der Waals surface area contributed by atoms with E-state index in [-0.39, 0.29) is 0 Å². The van der Waals surface area contributed by atoms with Crippen LogP contribution in [0.3, 0.4) is 0 Å². The standard InChI is InChI=1S/C16H22N6O/c1-21(11-15-18-16(20-23-15)12-6-7-12)13-4-3-9-22(10-13)14-5-2-8-17-19-14/h2,5,8,12-13H,3-4,6-7,9-11H2,1H3. The van der Waals surface area contributed by atoms with Crippen LogP contribution in [0.15, 0.2) is 22.9 Å². The Bertz CT molecular complexity index is 641. The topological polar surface area (TPSA) is 71.2 Å². The number of piperidine rings is 1. The first-order chi connectivity index (χ1) is 11.3. The molecule has 2 fully saturated rings. The molecule has 122 valence electrons. The molecule has 0 aromatic carbocycles. The number of anilines is 1. The van der Waals surface area contributed by atoms with Crippen LogP contribution in [0.25, 0.3) is 0 Å². The molecule has 1 unspecified atom stereocenters. The molecule has 7 nitrogen and oxygen atoms in total. The Morgan fingerprint density at radius 2 is 2.26 bits per heavy atom. The van der Waals surface area contributed by atoms with E-state index in [1.54, 1.807) is 6.20 Å². The average Bonchev–Trinajstić information content (AvgIpc) is 3.36. The van der Waals surface area contributed by atoms with Crippen molar-refractivity contribution in [1.29, 1.82) is 0 Å². The third-order valence-corrected chi connectivity index (χ3v) is 4.71. The van der Waals surface area contributed by atoms with Crippen LogP contribution in [-0.2, 0) is 6.54 Å². The lowest BCUT2D eigenvalue weighted by Crippen LogP contribution is -2.46. The molecule has 2 aliphatic rings. The molecule has 23 heavy (non-hydrogen) atoms. The molecule has 3 heterocycles. The Kier molecular flexibility index (Phi) is 3.95. The number of hydrogen-bond donors (Lipinski definition) is 0. The molecule has 1 aliphatic carbocycles. The molecule has 1 saturated carbocycles. The van der Waals surface area contributed by atoms with Crippen molar-refractivity contribution in [2.75, 3.05) is 25.0 Å². The lowest BCUT2D eigenvalue weighted by atomic mass is 10.0. The first-order valence-corrected chi connectivity index (χ1v) is 8.35. The van der Waals surface area contributed by atoms with Crippen LogP contribution >= 0.6 is 0 Å². The van der Waals surface area contributed by atoms with Crippen LogP contribution in [0.1, 0.15) is 43.3 Å². The Hall–Kier alpha value is -2.02. The molecule has 0 radical (unpaired) electrons. The van der Waals surface area contributed by atoms with Crippen LogP contribution in [0.4, 0.5) is 5.82 Å². The van der Waals surface area contributed by atoms with Crippen molar-refractivity contribution in [1.82, 2.24) is 25.2 Å². The second-order valence-corrected chi connectivity index (χ2v) is 6.56. The maximum absolute atomic E-state index is 5.40. The van der Waals surface area contributed by atoms with Gasteiger partial charge in [0, 0.05) is 31.2 Å². The SMILES string of the molecule is CN(Cc1nc(C2CC2)no1)C1CCCN(c2cccnn2)C1. The highest BCUT2D eigenvalue weighted by Gasteiger charge is 2.30. The van der Waals surface area contributed by atoms with Crippen LogP contribution < -0.4 is 4.90 Å². The van der Waals surface area contributed by atoms with Crippen molar-refractivity contribution in [3.63, 3.8) is 0 Å². The number of nitrogens with zero attached hydrogens (tertiary/aromatic N) is 6. The second kappa shape index (κ2) is 6.23. The zero-order chi connectivity index (χ0) is 15.6. The lowest BCUT2D eigenvalue weighted by molar-refractivity contribution is 0.183. The fourth-order valence-corrected chi connectivity index (χ4v) is 3.17. The van der Waals surface area contributed by atoms with Gasteiger partial charge in [0.2, 0.25) is 5.89 Å². The zero-order valence-corrected chi connectivity index (χ0v) is 13.4. The minimum absolute atomic E-state index is 0.460. The predicted molar refractivity (Wildman–Crippen MR) is 85.0 cm³/mol. The third kappa shape index (κ3) is 3.34. The first-order valence-electron chi connectivity index (χ1n) is 8.35.